The summed E-state index contributed by atoms with van der Waals surface area (Å²) < 4.78 is 44.1. The van der Waals surface area contributed by atoms with Gasteiger partial charge in [0.15, 0.2) is 0 Å². The third-order valence-corrected chi connectivity index (χ3v) is 4.88. The van der Waals surface area contributed by atoms with E-state index >= 15 is 0 Å². The van der Waals surface area contributed by atoms with Gasteiger partial charge < -0.3 is 10.1 Å². The molecule has 3 atom stereocenters. The molecule has 0 spiro atoms. The van der Waals surface area contributed by atoms with Crippen molar-refractivity contribution in [2.24, 2.45) is 0 Å². The number of halogens is 4. The molecule has 1 saturated carbocycles. The summed E-state index contributed by atoms with van der Waals surface area (Å²) in [7, 11) is 0. The van der Waals surface area contributed by atoms with Crippen LogP contribution in [0.2, 0.25) is 5.02 Å². The SMILES string of the molecule is O=C1C[C@H]2Oc3ccc(Cl)cc3N[C@H]2[C@@H]1c1ccc(C(F)(F)F)cc1. The second-order valence-electron chi connectivity index (χ2n) is 6.23. The zero-order valence-electron chi connectivity index (χ0n) is 12.8. The van der Waals surface area contributed by atoms with E-state index in [1.165, 1.54) is 12.1 Å². The van der Waals surface area contributed by atoms with E-state index in [-0.39, 0.29) is 24.3 Å². The van der Waals surface area contributed by atoms with Crippen LogP contribution in [0, 0.1) is 0 Å². The molecule has 25 heavy (non-hydrogen) atoms. The van der Waals surface area contributed by atoms with Gasteiger partial charge in [0.25, 0.3) is 0 Å². The van der Waals surface area contributed by atoms with Crippen molar-refractivity contribution in [2.75, 3.05) is 5.32 Å². The Hall–Kier alpha value is -2.21. The Morgan fingerprint density at radius 1 is 1.12 bits per heavy atom. The Bertz CT molecular complexity index is 835. The first-order valence-corrected chi connectivity index (χ1v) is 8.13. The predicted molar refractivity (Wildman–Crippen MR) is 87.1 cm³/mol. The van der Waals surface area contributed by atoms with Crippen LogP contribution < -0.4 is 10.1 Å². The van der Waals surface area contributed by atoms with Crippen LogP contribution in [0.3, 0.4) is 0 Å². The number of carbonyl (C=O) groups excluding carboxylic acids is 1. The van der Waals surface area contributed by atoms with Crippen LogP contribution in [0.1, 0.15) is 23.5 Å². The third-order valence-electron chi connectivity index (χ3n) is 4.65. The normalized spacial score (nSPS) is 25.0. The Morgan fingerprint density at radius 2 is 1.84 bits per heavy atom. The Kier molecular flexibility index (Phi) is 3.68. The van der Waals surface area contributed by atoms with Gasteiger partial charge in [0.05, 0.1) is 23.2 Å². The number of hydrogen-bond donors (Lipinski definition) is 1. The van der Waals surface area contributed by atoms with Crippen molar-refractivity contribution in [1.29, 1.82) is 0 Å². The first kappa shape index (κ1) is 16.3. The first-order valence-electron chi connectivity index (χ1n) is 7.75. The van der Waals surface area contributed by atoms with E-state index < -0.39 is 17.7 Å². The Balaban J connectivity index is 1.65. The summed E-state index contributed by atoms with van der Waals surface area (Å²) in [5.41, 5.74) is 0.496. The average molecular weight is 368 g/mol. The molecule has 1 aliphatic carbocycles. The quantitative estimate of drug-likeness (QED) is 0.797. The van der Waals surface area contributed by atoms with E-state index in [1.807, 2.05) is 0 Å². The van der Waals surface area contributed by atoms with Crippen molar-refractivity contribution in [3.05, 3.63) is 58.6 Å². The number of rotatable bonds is 1. The molecule has 0 aromatic heterocycles. The minimum Gasteiger partial charge on any atom is -0.486 e. The number of alkyl halides is 3. The molecule has 0 radical (unpaired) electrons. The number of fused-ring (bicyclic) bond motifs is 2. The molecule has 2 aliphatic rings. The summed E-state index contributed by atoms with van der Waals surface area (Å²) in [5.74, 6) is 0.00657. The maximum absolute atomic E-state index is 12.7. The van der Waals surface area contributed by atoms with E-state index in [0.29, 0.717) is 22.0 Å². The molecule has 2 aromatic rings. The van der Waals surface area contributed by atoms with Crippen molar-refractivity contribution in [3.63, 3.8) is 0 Å². The number of Topliss-reactive ketones (excluding diaryl/α,β-unsaturated/α-hetero) is 1. The van der Waals surface area contributed by atoms with Crippen LogP contribution in [0.4, 0.5) is 18.9 Å². The molecular weight excluding hydrogens is 355 g/mol. The number of ether oxygens (including phenoxy) is 1. The molecule has 2 aromatic carbocycles. The van der Waals surface area contributed by atoms with Crippen LogP contribution in [-0.4, -0.2) is 17.9 Å². The summed E-state index contributed by atoms with van der Waals surface area (Å²) >= 11 is 5.99. The molecule has 1 N–H and O–H groups in total. The maximum atomic E-state index is 12.7. The van der Waals surface area contributed by atoms with Crippen LogP contribution in [0.15, 0.2) is 42.5 Å². The van der Waals surface area contributed by atoms with Gasteiger partial charge in [-0.05, 0) is 35.9 Å². The Morgan fingerprint density at radius 3 is 2.52 bits per heavy atom. The fourth-order valence-electron chi connectivity index (χ4n) is 3.49. The highest BCUT2D eigenvalue weighted by atomic mass is 35.5. The lowest BCUT2D eigenvalue weighted by Crippen LogP contribution is -2.40. The molecule has 3 nitrogen and oxygen atoms in total. The van der Waals surface area contributed by atoms with Gasteiger partial charge in [0.1, 0.15) is 17.6 Å². The minimum atomic E-state index is -4.40. The molecule has 7 heteroatoms. The van der Waals surface area contributed by atoms with Crippen molar-refractivity contribution in [1.82, 2.24) is 0 Å². The zero-order valence-corrected chi connectivity index (χ0v) is 13.6. The molecule has 130 valence electrons. The number of anilines is 1. The molecule has 0 bridgehead atoms. The second kappa shape index (κ2) is 5.66. The highest BCUT2D eigenvalue weighted by Crippen LogP contribution is 2.43. The molecule has 1 fully saturated rings. The van der Waals surface area contributed by atoms with Gasteiger partial charge in [-0.25, -0.2) is 0 Å². The summed E-state index contributed by atoms with van der Waals surface area (Å²) in [6.45, 7) is 0. The van der Waals surface area contributed by atoms with Gasteiger partial charge in [0.2, 0.25) is 0 Å². The lowest BCUT2D eigenvalue weighted by molar-refractivity contribution is -0.137. The van der Waals surface area contributed by atoms with E-state index in [4.69, 9.17) is 16.3 Å². The third kappa shape index (κ3) is 2.84. The second-order valence-corrected chi connectivity index (χ2v) is 6.67. The van der Waals surface area contributed by atoms with E-state index in [1.54, 1.807) is 18.2 Å². The van der Waals surface area contributed by atoms with E-state index in [2.05, 4.69) is 5.32 Å². The number of nitrogens with one attached hydrogen (secondary N) is 1. The van der Waals surface area contributed by atoms with Crippen LogP contribution in [-0.2, 0) is 11.0 Å². The standard InChI is InChI=1S/C18H13ClF3NO2/c19-11-5-6-14-12(7-11)23-17-15(25-14)8-13(24)16(17)9-1-3-10(4-2-9)18(20,21)22/h1-7,15-17,23H,8H2/t15-,16-,17-/m1/s1. The number of carbonyl (C=O) groups is 1. The molecule has 1 aliphatic heterocycles. The number of hydrogen-bond acceptors (Lipinski definition) is 3. The fourth-order valence-corrected chi connectivity index (χ4v) is 3.66. The van der Waals surface area contributed by atoms with E-state index in [9.17, 15) is 18.0 Å². The summed E-state index contributed by atoms with van der Waals surface area (Å²) in [6.07, 6.45) is -4.54. The molecule has 0 saturated heterocycles. The highest BCUT2D eigenvalue weighted by Gasteiger charge is 2.47. The molecular formula is C18H13ClF3NO2. The highest BCUT2D eigenvalue weighted by molar-refractivity contribution is 6.31. The van der Waals surface area contributed by atoms with Gasteiger partial charge in [-0.1, -0.05) is 23.7 Å². The average Bonchev–Trinajstić information content (AvgIpc) is 2.86. The molecule has 0 unspecified atom stereocenters. The van der Waals surface area contributed by atoms with Crippen LogP contribution in [0.5, 0.6) is 5.75 Å². The van der Waals surface area contributed by atoms with Gasteiger partial charge in [-0.15, -0.1) is 0 Å². The molecule has 0 amide bonds. The molecule has 4 rings (SSSR count). The van der Waals surface area contributed by atoms with Crippen molar-refractivity contribution < 1.29 is 22.7 Å². The molecule has 1 heterocycles. The van der Waals surface area contributed by atoms with Crippen molar-refractivity contribution >= 4 is 23.1 Å². The number of ketones is 1. The minimum absolute atomic E-state index is 0.0545. The topological polar surface area (TPSA) is 38.3 Å². The van der Waals surface area contributed by atoms with Crippen molar-refractivity contribution in [2.45, 2.75) is 30.7 Å². The zero-order chi connectivity index (χ0) is 17.8. The Labute approximate surface area is 146 Å². The van der Waals surface area contributed by atoms with Crippen molar-refractivity contribution in [3.8, 4) is 5.75 Å². The van der Waals surface area contributed by atoms with Gasteiger partial charge in [-0.3, -0.25) is 4.79 Å². The lowest BCUT2D eigenvalue weighted by atomic mass is 9.91. The van der Waals surface area contributed by atoms with Gasteiger partial charge >= 0.3 is 6.18 Å². The van der Waals surface area contributed by atoms with Crippen LogP contribution in [0.25, 0.3) is 0 Å². The fraction of sp³-hybridized carbons (Fsp3) is 0.278. The van der Waals surface area contributed by atoms with Crippen LogP contribution >= 0.6 is 11.6 Å². The maximum Gasteiger partial charge on any atom is 0.416 e. The summed E-state index contributed by atoms with van der Waals surface area (Å²) in [4.78, 5) is 12.5. The predicted octanol–water partition coefficient (Wildman–Crippen LogP) is 4.66. The lowest BCUT2D eigenvalue weighted by Gasteiger charge is -2.33. The number of benzene rings is 2. The van der Waals surface area contributed by atoms with E-state index in [0.717, 1.165) is 12.1 Å². The summed E-state index contributed by atoms with van der Waals surface area (Å²) in [6, 6.07) is 9.54. The van der Waals surface area contributed by atoms with Gasteiger partial charge in [0, 0.05) is 11.4 Å². The first-order chi connectivity index (χ1) is 11.8. The summed E-state index contributed by atoms with van der Waals surface area (Å²) in [5, 5.41) is 3.80. The smallest absolute Gasteiger partial charge is 0.416 e. The van der Waals surface area contributed by atoms with Gasteiger partial charge in [-0.2, -0.15) is 13.2 Å². The largest absolute Gasteiger partial charge is 0.486 e. The monoisotopic (exact) mass is 367 g/mol.